The molecule has 1 N–H and O–H groups in total. The molecule has 1 aromatic heterocycles. The van der Waals surface area contributed by atoms with Gasteiger partial charge in [0.25, 0.3) is 0 Å². The summed E-state index contributed by atoms with van der Waals surface area (Å²) in [6.07, 6.45) is 1.52. The summed E-state index contributed by atoms with van der Waals surface area (Å²) in [6.45, 7) is 4.15. The molecule has 0 aliphatic heterocycles. The van der Waals surface area contributed by atoms with E-state index in [1.165, 1.54) is 6.21 Å². The lowest BCUT2D eigenvalue weighted by molar-refractivity contribution is 0.318. The average molecular weight is 246 g/mol. The van der Waals surface area contributed by atoms with E-state index in [0.29, 0.717) is 29.5 Å². The van der Waals surface area contributed by atoms with Crippen molar-refractivity contribution in [2.45, 2.75) is 13.8 Å². The molecule has 0 amide bonds. The Morgan fingerprint density at radius 2 is 2.33 bits per heavy atom. The minimum absolute atomic E-state index is 0.0725. The number of hydrogen-bond donors (Lipinski definition) is 1. The molecule has 0 atom stereocenters. The summed E-state index contributed by atoms with van der Waals surface area (Å²) >= 11 is 0. The molecule has 1 heterocycles. The van der Waals surface area contributed by atoms with Gasteiger partial charge in [0.15, 0.2) is 17.3 Å². The van der Waals surface area contributed by atoms with Crippen LogP contribution in [0.3, 0.4) is 0 Å². The number of aromatic nitrogens is 1. The summed E-state index contributed by atoms with van der Waals surface area (Å²) in [7, 11) is 0. The molecule has 2 aromatic rings. The monoisotopic (exact) mass is 246 g/mol. The van der Waals surface area contributed by atoms with Crippen LogP contribution in [0.1, 0.15) is 18.2 Å². The highest BCUT2D eigenvalue weighted by Gasteiger charge is 2.06. The fraction of sp³-hybridized carbons (Fsp3) is 0.231. The minimum Gasteiger partial charge on any atom is -0.504 e. The first kappa shape index (κ1) is 12.2. The van der Waals surface area contributed by atoms with Gasteiger partial charge in [-0.1, -0.05) is 11.2 Å². The molecule has 0 radical (unpaired) electrons. The smallest absolute Gasteiger partial charge is 0.195 e. The number of aliphatic imine (C=N–C) groups is 1. The van der Waals surface area contributed by atoms with Crippen LogP contribution in [0.25, 0.3) is 0 Å². The second-order valence-electron chi connectivity index (χ2n) is 3.68. The normalized spacial score (nSPS) is 11.0. The van der Waals surface area contributed by atoms with Crippen molar-refractivity contribution in [3.8, 4) is 11.5 Å². The summed E-state index contributed by atoms with van der Waals surface area (Å²) in [6, 6.07) is 6.95. The van der Waals surface area contributed by atoms with Gasteiger partial charge in [0, 0.05) is 17.8 Å². The molecule has 0 saturated carbocycles. The summed E-state index contributed by atoms with van der Waals surface area (Å²) in [5, 5.41) is 13.7. The van der Waals surface area contributed by atoms with Crippen LogP contribution in [0.4, 0.5) is 5.82 Å². The van der Waals surface area contributed by atoms with Crippen molar-refractivity contribution in [2.75, 3.05) is 6.61 Å². The molecule has 0 bridgehead atoms. The molecule has 18 heavy (non-hydrogen) atoms. The van der Waals surface area contributed by atoms with E-state index in [2.05, 4.69) is 10.1 Å². The van der Waals surface area contributed by atoms with Crippen molar-refractivity contribution in [2.24, 2.45) is 4.99 Å². The van der Waals surface area contributed by atoms with Crippen molar-refractivity contribution in [1.29, 1.82) is 0 Å². The van der Waals surface area contributed by atoms with Crippen molar-refractivity contribution in [1.82, 2.24) is 5.16 Å². The van der Waals surface area contributed by atoms with Gasteiger partial charge in [-0.05, 0) is 26.0 Å². The molecule has 0 unspecified atom stereocenters. The number of benzene rings is 1. The lowest BCUT2D eigenvalue weighted by Crippen LogP contribution is -1.93. The summed E-state index contributed by atoms with van der Waals surface area (Å²) in [5.41, 5.74) is 0.571. The maximum atomic E-state index is 9.94. The highest BCUT2D eigenvalue weighted by Crippen LogP contribution is 2.28. The zero-order valence-corrected chi connectivity index (χ0v) is 10.3. The van der Waals surface area contributed by atoms with Gasteiger partial charge in [-0.3, -0.25) is 0 Å². The number of phenolic OH excluding ortho intramolecular Hbond substituents is 1. The van der Waals surface area contributed by atoms with Gasteiger partial charge in [-0.15, -0.1) is 0 Å². The molecule has 0 aliphatic carbocycles. The topological polar surface area (TPSA) is 67.9 Å². The van der Waals surface area contributed by atoms with Gasteiger partial charge in [0.1, 0.15) is 5.76 Å². The van der Waals surface area contributed by atoms with Gasteiger partial charge in [-0.25, -0.2) is 4.99 Å². The van der Waals surface area contributed by atoms with E-state index in [4.69, 9.17) is 9.26 Å². The SMILES string of the molecule is CCOc1cccc(C=Nc2cc(C)on2)c1O. The Labute approximate surface area is 105 Å². The van der Waals surface area contributed by atoms with E-state index in [1.54, 1.807) is 31.2 Å². The van der Waals surface area contributed by atoms with Crippen molar-refractivity contribution >= 4 is 12.0 Å². The fourth-order valence-electron chi connectivity index (χ4n) is 1.47. The minimum atomic E-state index is 0.0725. The molecule has 0 aliphatic rings. The number of ether oxygens (including phenoxy) is 1. The Morgan fingerprint density at radius 3 is 3.00 bits per heavy atom. The molecule has 5 nitrogen and oxygen atoms in total. The van der Waals surface area contributed by atoms with E-state index in [1.807, 2.05) is 6.92 Å². The third kappa shape index (κ3) is 2.68. The molecule has 0 saturated heterocycles. The van der Waals surface area contributed by atoms with Gasteiger partial charge in [0.05, 0.1) is 6.61 Å². The number of hydrogen-bond acceptors (Lipinski definition) is 5. The van der Waals surface area contributed by atoms with Crippen LogP contribution in [-0.2, 0) is 0 Å². The largest absolute Gasteiger partial charge is 0.504 e. The highest BCUT2D eigenvalue weighted by atomic mass is 16.5. The molecular formula is C13H14N2O3. The van der Waals surface area contributed by atoms with E-state index in [-0.39, 0.29) is 5.75 Å². The Balaban J connectivity index is 2.23. The number of nitrogens with zero attached hydrogens (tertiary/aromatic N) is 2. The number of phenols is 1. The second kappa shape index (κ2) is 5.35. The first-order valence-electron chi connectivity index (χ1n) is 5.63. The summed E-state index contributed by atoms with van der Waals surface area (Å²) in [5.74, 6) is 1.67. The maximum absolute atomic E-state index is 9.94. The lowest BCUT2D eigenvalue weighted by atomic mass is 10.2. The average Bonchev–Trinajstić information content (AvgIpc) is 2.77. The number of aromatic hydroxyl groups is 1. The van der Waals surface area contributed by atoms with Gasteiger partial charge < -0.3 is 14.4 Å². The van der Waals surface area contributed by atoms with Crippen LogP contribution in [0.15, 0.2) is 33.8 Å². The van der Waals surface area contributed by atoms with Crippen molar-refractivity contribution < 1.29 is 14.4 Å². The van der Waals surface area contributed by atoms with Crippen LogP contribution in [0, 0.1) is 6.92 Å². The van der Waals surface area contributed by atoms with E-state index in [9.17, 15) is 5.11 Å². The van der Waals surface area contributed by atoms with Crippen LogP contribution in [0.2, 0.25) is 0 Å². The van der Waals surface area contributed by atoms with E-state index in [0.717, 1.165) is 0 Å². The predicted molar refractivity (Wildman–Crippen MR) is 67.8 cm³/mol. The quantitative estimate of drug-likeness (QED) is 0.842. The molecular weight excluding hydrogens is 232 g/mol. The number of aryl methyl sites for hydroxylation is 1. The third-order valence-corrected chi connectivity index (χ3v) is 2.28. The van der Waals surface area contributed by atoms with E-state index >= 15 is 0 Å². The van der Waals surface area contributed by atoms with Crippen molar-refractivity contribution in [3.05, 3.63) is 35.6 Å². The standard InChI is InChI=1S/C13H14N2O3/c1-3-17-11-6-4-5-10(13(11)16)8-14-12-7-9(2)18-15-12/h4-8,16H,3H2,1-2H3. The highest BCUT2D eigenvalue weighted by molar-refractivity contribution is 5.86. The Morgan fingerprint density at radius 1 is 1.50 bits per heavy atom. The fourth-order valence-corrected chi connectivity index (χ4v) is 1.47. The van der Waals surface area contributed by atoms with Crippen LogP contribution >= 0.6 is 0 Å². The number of para-hydroxylation sites is 1. The van der Waals surface area contributed by atoms with Crippen molar-refractivity contribution in [3.63, 3.8) is 0 Å². The van der Waals surface area contributed by atoms with Gasteiger partial charge in [0.2, 0.25) is 0 Å². The zero-order chi connectivity index (χ0) is 13.0. The predicted octanol–water partition coefficient (Wildman–Crippen LogP) is 2.84. The second-order valence-corrected chi connectivity index (χ2v) is 3.68. The van der Waals surface area contributed by atoms with Gasteiger partial charge in [-0.2, -0.15) is 0 Å². The van der Waals surface area contributed by atoms with E-state index < -0.39 is 0 Å². The molecule has 0 fully saturated rings. The maximum Gasteiger partial charge on any atom is 0.195 e. The Bertz CT molecular complexity index is 561. The first-order valence-corrected chi connectivity index (χ1v) is 5.63. The van der Waals surface area contributed by atoms with Crippen LogP contribution in [-0.4, -0.2) is 23.1 Å². The van der Waals surface area contributed by atoms with Crippen LogP contribution < -0.4 is 4.74 Å². The summed E-state index contributed by atoms with van der Waals surface area (Å²) < 4.78 is 10.2. The molecule has 0 spiro atoms. The molecule has 1 aromatic carbocycles. The van der Waals surface area contributed by atoms with Crippen LogP contribution in [0.5, 0.6) is 11.5 Å². The molecule has 2 rings (SSSR count). The third-order valence-electron chi connectivity index (χ3n) is 2.28. The number of rotatable bonds is 4. The summed E-state index contributed by atoms with van der Waals surface area (Å²) in [4.78, 5) is 4.11. The Kier molecular flexibility index (Phi) is 3.62. The Hall–Kier alpha value is -2.30. The lowest BCUT2D eigenvalue weighted by Gasteiger charge is -2.06. The zero-order valence-electron chi connectivity index (χ0n) is 10.3. The first-order chi connectivity index (χ1) is 8.70. The van der Waals surface area contributed by atoms with Gasteiger partial charge >= 0.3 is 0 Å². The molecule has 94 valence electrons. The molecule has 5 heteroatoms.